The van der Waals surface area contributed by atoms with E-state index >= 15 is 0 Å². The molecule has 7 heteroatoms. The third-order valence-corrected chi connectivity index (χ3v) is 9.11. The van der Waals surface area contributed by atoms with E-state index in [9.17, 15) is 18.3 Å². The van der Waals surface area contributed by atoms with Crippen molar-refractivity contribution in [1.29, 1.82) is 0 Å². The molecule has 5 rings (SSSR count). The lowest BCUT2D eigenvalue weighted by Crippen LogP contribution is -2.51. The van der Waals surface area contributed by atoms with E-state index < -0.39 is 16.0 Å². The summed E-state index contributed by atoms with van der Waals surface area (Å²) in [5.41, 5.74) is 0.107. The molecule has 0 saturated heterocycles. The summed E-state index contributed by atoms with van der Waals surface area (Å²) in [5, 5.41) is 10.8. The van der Waals surface area contributed by atoms with Crippen LogP contribution in [0.4, 0.5) is 0 Å². The van der Waals surface area contributed by atoms with Gasteiger partial charge in [0.25, 0.3) is 0 Å². The van der Waals surface area contributed by atoms with Gasteiger partial charge < -0.3 is 5.11 Å². The fourth-order valence-electron chi connectivity index (χ4n) is 5.87. The summed E-state index contributed by atoms with van der Waals surface area (Å²) in [4.78, 5) is 11.1. The van der Waals surface area contributed by atoms with Crippen LogP contribution >= 0.6 is 11.3 Å². The molecule has 4 bridgehead atoms. The fourth-order valence-corrected chi connectivity index (χ4v) is 8.38. The van der Waals surface area contributed by atoms with Crippen molar-refractivity contribution in [2.75, 3.05) is 13.6 Å². The normalized spacial score (nSPS) is 34.8. The molecule has 5 nitrogen and oxygen atoms in total. The minimum absolute atomic E-state index is 0.0628. The van der Waals surface area contributed by atoms with E-state index in [1.807, 2.05) is 0 Å². The Morgan fingerprint density at radius 3 is 2.29 bits per heavy atom. The molecule has 4 aliphatic rings. The monoisotopic (exact) mass is 369 g/mol. The third-order valence-electron chi connectivity index (χ3n) is 6.23. The highest BCUT2D eigenvalue weighted by Crippen LogP contribution is 2.60. The molecule has 4 saturated carbocycles. The van der Waals surface area contributed by atoms with E-state index in [1.54, 1.807) is 7.05 Å². The van der Waals surface area contributed by atoms with Crippen molar-refractivity contribution in [2.24, 2.45) is 23.2 Å². The minimum Gasteiger partial charge on any atom is -0.477 e. The molecule has 1 N–H and O–H groups in total. The predicted molar refractivity (Wildman–Crippen MR) is 91.7 cm³/mol. The number of hydrogen-bond acceptors (Lipinski definition) is 4. The Balaban J connectivity index is 1.59. The summed E-state index contributed by atoms with van der Waals surface area (Å²) in [6, 6.07) is 1.42. The second-order valence-corrected chi connectivity index (χ2v) is 11.0. The predicted octanol–water partition coefficient (Wildman–Crippen LogP) is 3.28. The van der Waals surface area contributed by atoms with Crippen molar-refractivity contribution < 1.29 is 18.3 Å². The van der Waals surface area contributed by atoms with E-state index in [4.69, 9.17) is 0 Å². The molecule has 0 spiro atoms. The highest BCUT2D eigenvalue weighted by molar-refractivity contribution is 7.89. The Bertz CT molecular complexity index is 732. The van der Waals surface area contributed by atoms with Gasteiger partial charge in [0.2, 0.25) is 10.0 Å². The summed E-state index contributed by atoms with van der Waals surface area (Å²) in [6.07, 6.45) is 7.37. The fraction of sp³-hybridized carbons (Fsp3) is 0.706. The van der Waals surface area contributed by atoms with Gasteiger partial charge in [-0.05, 0) is 73.1 Å². The molecule has 0 atom stereocenters. The zero-order valence-electron chi connectivity index (χ0n) is 13.8. The first-order valence-corrected chi connectivity index (χ1v) is 10.9. The van der Waals surface area contributed by atoms with Gasteiger partial charge in [0.1, 0.15) is 9.77 Å². The standard InChI is InChI=1S/C17H23NO4S2/c1-18(24(21,22)14-2-3-23-15(14)16(19)20)10-17-7-11-4-12(8-17)6-13(5-11)9-17/h2-3,11-13H,4-10H2,1H3,(H,19,20). The van der Waals surface area contributed by atoms with E-state index in [0.29, 0.717) is 6.54 Å². The highest BCUT2D eigenvalue weighted by Gasteiger charge is 2.51. The smallest absolute Gasteiger partial charge is 0.347 e. The van der Waals surface area contributed by atoms with Crippen LogP contribution in [-0.2, 0) is 10.0 Å². The first kappa shape index (κ1) is 16.5. The van der Waals surface area contributed by atoms with Crippen LogP contribution in [-0.4, -0.2) is 37.4 Å². The van der Waals surface area contributed by atoms with Crippen LogP contribution in [0.3, 0.4) is 0 Å². The van der Waals surface area contributed by atoms with Crippen LogP contribution in [0, 0.1) is 23.2 Å². The first-order valence-electron chi connectivity index (χ1n) is 8.56. The van der Waals surface area contributed by atoms with Crippen molar-refractivity contribution in [1.82, 2.24) is 4.31 Å². The van der Waals surface area contributed by atoms with Crippen LogP contribution in [0.2, 0.25) is 0 Å². The zero-order valence-corrected chi connectivity index (χ0v) is 15.4. The third kappa shape index (κ3) is 2.61. The summed E-state index contributed by atoms with van der Waals surface area (Å²) in [6.45, 7) is 0.522. The number of hydrogen-bond donors (Lipinski definition) is 1. The topological polar surface area (TPSA) is 74.7 Å². The maximum Gasteiger partial charge on any atom is 0.347 e. The van der Waals surface area contributed by atoms with Gasteiger partial charge >= 0.3 is 5.97 Å². The molecule has 1 heterocycles. The van der Waals surface area contributed by atoms with Crippen molar-refractivity contribution in [3.05, 3.63) is 16.3 Å². The molecule has 4 fully saturated rings. The highest BCUT2D eigenvalue weighted by atomic mass is 32.2. The van der Waals surface area contributed by atoms with Crippen molar-refractivity contribution >= 4 is 27.3 Å². The molecule has 0 aliphatic heterocycles. The lowest BCUT2D eigenvalue weighted by molar-refractivity contribution is -0.0583. The van der Waals surface area contributed by atoms with E-state index in [0.717, 1.165) is 48.4 Å². The minimum atomic E-state index is -3.75. The lowest BCUT2D eigenvalue weighted by Gasteiger charge is -2.57. The molecular formula is C17H23NO4S2. The average molecular weight is 370 g/mol. The summed E-state index contributed by atoms with van der Waals surface area (Å²) in [5.74, 6) is 1.13. The Hall–Kier alpha value is -0.920. The van der Waals surface area contributed by atoms with Gasteiger partial charge in [0.15, 0.2) is 0 Å². The number of rotatable bonds is 5. The van der Waals surface area contributed by atoms with E-state index in [-0.39, 0.29) is 15.2 Å². The Morgan fingerprint density at radius 1 is 1.25 bits per heavy atom. The molecule has 0 radical (unpaired) electrons. The quantitative estimate of drug-likeness (QED) is 0.864. The second-order valence-electron chi connectivity index (χ2n) is 8.10. The zero-order chi connectivity index (χ0) is 17.1. The van der Waals surface area contributed by atoms with Crippen LogP contribution < -0.4 is 0 Å². The molecular weight excluding hydrogens is 346 g/mol. The van der Waals surface area contributed by atoms with Gasteiger partial charge in [-0.3, -0.25) is 0 Å². The average Bonchev–Trinajstić information content (AvgIpc) is 2.95. The molecule has 1 aromatic rings. The van der Waals surface area contributed by atoms with Crippen LogP contribution in [0.1, 0.15) is 48.2 Å². The number of thiophene rings is 1. The molecule has 0 unspecified atom stereocenters. The van der Waals surface area contributed by atoms with Gasteiger partial charge in [0, 0.05) is 13.6 Å². The second kappa shape index (κ2) is 5.54. The largest absolute Gasteiger partial charge is 0.477 e. The molecule has 132 valence electrons. The number of sulfonamides is 1. The van der Waals surface area contributed by atoms with Gasteiger partial charge in [-0.25, -0.2) is 17.5 Å². The summed E-state index contributed by atoms with van der Waals surface area (Å²) < 4.78 is 27.2. The van der Waals surface area contributed by atoms with E-state index in [1.165, 1.54) is 35.0 Å². The van der Waals surface area contributed by atoms with Crippen molar-refractivity contribution in [2.45, 2.75) is 43.4 Å². The SMILES string of the molecule is CN(CC12CC3CC(CC(C3)C1)C2)S(=O)(=O)c1ccsc1C(=O)O. The van der Waals surface area contributed by atoms with Crippen molar-refractivity contribution in [3.8, 4) is 0 Å². The Morgan fingerprint density at radius 2 is 1.79 bits per heavy atom. The van der Waals surface area contributed by atoms with Crippen LogP contribution in [0.5, 0.6) is 0 Å². The maximum absolute atomic E-state index is 12.9. The summed E-state index contributed by atoms with van der Waals surface area (Å²) in [7, 11) is -2.14. The number of nitrogens with zero attached hydrogens (tertiary/aromatic N) is 1. The number of aromatic carboxylic acids is 1. The number of carboxylic acids is 1. The Labute approximate surface area is 146 Å². The molecule has 0 aromatic carbocycles. The lowest BCUT2D eigenvalue weighted by atomic mass is 9.49. The molecule has 0 amide bonds. The first-order chi connectivity index (χ1) is 11.3. The molecule has 4 aliphatic carbocycles. The molecule has 1 aromatic heterocycles. The number of carbonyl (C=O) groups is 1. The Kier molecular flexibility index (Phi) is 3.82. The van der Waals surface area contributed by atoms with E-state index in [2.05, 4.69) is 0 Å². The van der Waals surface area contributed by atoms with Gasteiger partial charge in [-0.1, -0.05) is 0 Å². The van der Waals surface area contributed by atoms with Gasteiger partial charge in [-0.2, -0.15) is 0 Å². The maximum atomic E-state index is 12.9. The van der Waals surface area contributed by atoms with Gasteiger partial charge in [0.05, 0.1) is 0 Å². The van der Waals surface area contributed by atoms with Crippen LogP contribution in [0.25, 0.3) is 0 Å². The number of carboxylic acid groups (broad SMARTS) is 1. The van der Waals surface area contributed by atoms with Crippen molar-refractivity contribution in [3.63, 3.8) is 0 Å². The molecule has 24 heavy (non-hydrogen) atoms. The van der Waals surface area contributed by atoms with Crippen LogP contribution in [0.15, 0.2) is 16.3 Å². The summed E-state index contributed by atoms with van der Waals surface area (Å²) >= 11 is 0.966. The van der Waals surface area contributed by atoms with Gasteiger partial charge in [-0.15, -0.1) is 11.3 Å².